The van der Waals surface area contributed by atoms with E-state index in [1.807, 2.05) is 62.3 Å². The fraction of sp³-hybridized carbons (Fsp3) is 0.915. The predicted molar refractivity (Wildman–Crippen MR) is 293 cm³/mol. The van der Waals surface area contributed by atoms with Crippen LogP contribution in [-0.2, 0) is 228 Å². The molecule has 0 bridgehead atoms. The fourth-order valence-corrected chi connectivity index (χ4v) is 12.6. The van der Waals surface area contributed by atoms with E-state index in [0.717, 1.165) is 13.2 Å². The molecule has 29 nitrogen and oxygen atoms in total. The summed E-state index contributed by atoms with van der Waals surface area (Å²) in [5.41, 5.74) is 0. The summed E-state index contributed by atoms with van der Waals surface area (Å²) in [6.45, 7) is 29.0. The van der Waals surface area contributed by atoms with E-state index in [4.69, 9.17) is 94.9 Å². The molecular formula is C47H86B3O29P5Y4-7. The van der Waals surface area contributed by atoms with E-state index in [-0.39, 0.29) is 231 Å². The number of rotatable bonds is 31. The van der Waals surface area contributed by atoms with Gasteiger partial charge in [-0.3, -0.25) is 22.8 Å². The summed E-state index contributed by atoms with van der Waals surface area (Å²) >= 11 is 0. The van der Waals surface area contributed by atoms with Gasteiger partial charge in [0, 0.05) is 163 Å². The number of ether oxygens (including phenoxy) is 7. The third-order valence-corrected chi connectivity index (χ3v) is 16.0. The van der Waals surface area contributed by atoms with Crippen LogP contribution in [0.25, 0.3) is 0 Å². The van der Waals surface area contributed by atoms with Crippen LogP contribution in [0.3, 0.4) is 0 Å². The molecule has 0 aromatic heterocycles. The topological polar surface area (TPSA) is 409 Å². The van der Waals surface area contributed by atoms with Crippen LogP contribution in [0.5, 0.6) is 0 Å². The van der Waals surface area contributed by atoms with E-state index in [9.17, 15) is 52.4 Å². The van der Waals surface area contributed by atoms with E-state index in [1.54, 1.807) is 27.7 Å². The predicted octanol–water partition coefficient (Wildman–Crippen LogP) is 3.57. The molecule has 5 fully saturated rings. The first-order valence-electron chi connectivity index (χ1n) is 27.4. The largest absolute Gasteiger partial charge is 0.758 e. The Morgan fingerprint density at radius 2 is 0.955 bits per heavy atom. The quantitative estimate of drug-likeness (QED) is 0.0386. The van der Waals surface area contributed by atoms with Gasteiger partial charge in [-0.15, -0.1) is 0 Å². The molecule has 0 aliphatic carbocycles. The van der Waals surface area contributed by atoms with Crippen LogP contribution in [0.1, 0.15) is 122 Å². The molecule has 5 rings (SSSR count). The van der Waals surface area contributed by atoms with Crippen LogP contribution in [0.4, 0.5) is 0 Å². The Hall–Kier alpha value is 4.38. The molecule has 88 heavy (non-hydrogen) atoms. The van der Waals surface area contributed by atoms with Crippen molar-refractivity contribution in [1.29, 1.82) is 0 Å². The minimum absolute atomic E-state index is 0. The number of phosphoric acid groups is 5. The summed E-state index contributed by atoms with van der Waals surface area (Å²) in [5, 5.41) is 18.2. The molecule has 3 N–H and O–H groups in total. The number of hydrogen-bond donors (Lipinski definition) is 3. The van der Waals surface area contributed by atoms with Crippen LogP contribution in [0.15, 0.2) is 12.3 Å². The van der Waals surface area contributed by atoms with Gasteiger partial charge in [0.25, 0.3) is 31.3 Å². The molecule has 41 heteroatoms. The van der Waals surface area contributed by atoms with E-state index in [0.29, 0.717) is 19.3 Å². The molecular weight excluding hydrogens is 1570 g/mol. The molecule has 5 saturated heterocycles. The van der Waals surface area contributed by atoms with Gasteiger partial charge in [0.2, 0.25) is 7.82 Å². The molecule has 0 spiro atoms. The van der Waals surface area contributed by atoms with Gasteiger partial charge in [-0.05, 0) is 97.7 Å². The summed E-state index contributed by atoms with van der Waals surface area (Å²) in [7, 11) is -10.5. The maximum Gasteiger partial charge on any atom is 0.268 e. The van der Waals surface area contributed by atoms with E-state index < -0.39 is 112 Å². The Balaban J connectivity index is -0.00000114. The standard InChI is InChI=1S/C17H31B3O11P2.C11H21O6P.C10H20O6P.C9H19O6P.4Y/c1-10(2)7-26-32(21,22)30-12-5-16(18)28-15(12)9-27-33(23,24)31-13-6-17(20-19)29-14(13)8-25-11(3)4;1-7(2)6-15-18(13,14)17-10-5-8(3)16-11(10)9(4)12;1-7(2)6-14-17(12,13)16-9-4-8(3)15-10(9)5-11;1-6(2)13-5-9-8(4-7(3)14-9)15-16(10,11)12;;;;/h9-17H,5-8H2,1-4H3,(H,21,22)(H,23,24);7-8,10-12H,4-6H2,1-3H3,(H,13,14);5,7-11H,4,6H2,1-3H3,(H,12,13);6-9H,4-5H2,1-3H3,(H2,10,11,12);;;;/q-1;;-1;;;;;/p-5/t12?,13?,14-,15-,16-,17-;8-,10?,11+;8-,9?,10+;7-,8?,9+;;;;/m1000..../s1. The summed E-state index contributed by atoms with van der Waals surface area (Å²) in [6.07, 6.45) is -7.23. The van der Waals surface area contributed by atoms with Crippen LogP contribution >= 0.6 is 39.1 Å². The molecule has 0 aromatic rings. The number of aliphatic hydroxyl groups excluding tert-OH is 2. The summed E-state index contributed by atoms with van der Waals surface area (Å²) in [6, 6.07) is -1.40. The fourth-order valence-electron chi connectivity index (χ4n) is 7.96. The van der Waals surface area contributed by atoms with Crippen LogP contribution < -0.4 is 24.5 Å². The van der Waals surface area contributed by atoms with Crippen LogP contribution in [0, 0.1) is 31.0 Å². The SMILES string of the molecule is C=C(O)[C@H]1O[C@@H](C)CC1OP(=O)([O-])OCC(C)C.CC(C)COP(=O)([O-])OC1C[C@H](C)O[C@@H]1[CH-]O.CC(C)OC[C@H]1O[C@@H](C)CC1OP(=O)([O-])O.[B][B][C@H]1CC(OP(=O)([O-])O[CH-][C@H]2O[C@@H]([B])CC2OP(=O)([O-])OCC(C)C)[C@@H](COC(C)C)O1.[Y].[Y].[Y].[Y]. The number of hydrogen-bond acceptors (Lipinski definition) is 28. The average Bonchev–Trinajstić information content (AvgIpc) is 4.41. The minimum Gasteiger partial charge on any atom is -0.758 e. The zero-order chi connectivity index (χ0) is 64.1. The normalized spacial score (nSPS) is 31.8. The molecule has 20 atom stereocenters. The van der Waals surface area contributed by atoms with Gasteiger partial charge in [0.15, 0.2) is 0 Å². The van der Waals surface area contributed by atoms with Gasteiger partial charge in [0.05, 0.1) is 95.1 Å². The Kier molecular flexibility index (Phi) is 51.3. The second-order valence-corrected chi connectivity index (χ2v) is 28.7. The minimum atomic E-state index is -4.89. The molecule has 0 aromatic carbocycles. The maximum atomic E-state index is 12.4. The van der Waals surface area contributed by atoms with Crippen molar-refractivity contribution in [2.45, 2.75) is 226 Å². The van der Waals surface area contributed by atoms with Gasteiger partial charge in [-0.1, -0.05) is 48.1 Å². The summed E-state index contributed by atoms with van der Waals surface area (Å²) < 4.78 is 140. The van der Waals surface area contributed by atoms with E-state index >= 15 is 0 Å². The first kappa shape index (κ1) is 96.6. The third-order valence-electron chi connectivity index (χ3n) is 11.6. The molecule has 5 aliphatic rings. The zero-order valence-corrected chi connectivity index (χ0v) is 68.0. The van der Waals surface area contributed by atoms with Crippen molar-refractivity contribution in [2.24, 2.45) is 17.8 Å². The maximum absolute atomic E-state index is 12.4. The van der Waals surface area contributed by atoms with Crippen molar-refractivity contribution in [1.82, 2.24) is 0 Å². The molecule has 9 radical (unpaired) electrons. The summed E-state index contributed by atoms with van der Waals surface area (Å²) in [5.74, 6) is -0.107. The van der Waals surface area contributed by atoms with Crippen molar-refractivity contribution in [2.75, 3.05) is 33.0 Å². The molecule has 0 saturated carbocycles. The second kappa shape index (κ2) is 46.7. The number of aliphatic hydroxyl groups is 2. The van der Waals surface area contributed by atoms with Crippen molar-refractivity contribution in [3.8, 4) is 0 Å². The van der Waals surface area contributed by atoms with Gasteiger partial charge >= 0.3 is 0 Å². The summed E-state index contributed by atoms with van der Waals surface area (Å²) in [4.78, 5) is 66.8. The van der Waals surface area contributed by atoms with Crippen LogP contribution in [0.2, 0.25) is 0 Å². The van der Waals surface area contributed by atoms with Crippen molar-refractivity contribution in [3.63, 3.8) is 0 Å². The van der Waals surface area contributed by atoms with Crippen molar-refractivity contribution < 1.29 is 267 Å². The van der Waals surface area contributed by atoms with Crippen LogP contribution in [-0.4, -0.2) is 174 Å². The Labute approximate surface area is 624 Å². The monoisotopic (exact) mass is 1660 g/mol. The van der Waals surface area contributed by atoms with Crippen molar-refractivity contribution >= 4 is 61.9 Å². The van der Waals surface area contributed by atoms with Gasteiger partial charge in [0.1, 0.15) is 38.0 Å². The van der Waals surface area contributed by atoms with Gasteiger partial charge in [-0.25, -0.2) is 0 Å². The molecule has 5 heterocycles. The van der Waals surface area contributed by atoms with E-state index in [1.165, 1.54) is 7.17 Å². The molecule has 5 aliphatic heterocycles. The number of phosphoric ester groups is 5. The Morgan fingerprint density at radius 3 is 1.38 bits per heavy atom. The van der Waals surface area contributed by atoms with E-state index in [2.05, 4.69) is 11.1 Å². The first-order valence-corrected chi connectivity index (χ1v) is 34.8. The molecule has 0 amide bonds. The third kappa shape index (κ3) is 41.8. The van der Waals surface area contributed by atoms with Gasteiger partial charge < -0.3 is 113 Å². The molecule has 501 valence electrons. The Bertz CT molecular complexity index is 2170. The smallest absolute Gasteiger partial charge is 0.268 e. The zero-order valence-electron chi connectivity index (χ0n) is 52.2. The average molecular weight is 1660 g/mol. The van der Waals surface area contributed by atoms with Gasteiger partial charge in [-0.2, -0.15) is 13.2 Å². The first-order chi connectivity index (χ1) is 38.6. The molecule has 10 unspecified atom stereocenters. The second-order valence-electron chi connectivity index (χ2n) is 22.2. The Morgan fingerprint density at radius 1 is 0.568 bits per heavy atom. The van der Waals surface area contributed by atoms with Crippen molar-refractivity contribution in [3.05, 3.63) is 25.6 Å².